The van der Waals surface area contributed by atoms with E-state index in [1.807, 2.05) is 24.3 Å². The molecule has 3 rings (SSSR count). The van der Waals surface area contributed by atoms with Crippen LogP contribution in [0.25, 0.3) is 0 Å². The molecule has 4 nitrogen and oxygen atoms in total. The molecule has 0 radical (unpaired) electrons. The lowest BCUT2D eigenvalue weighted by Gasteiger charge is -2.46. The van der Waals surface area contributed by atoms with Gasteiger partial charge in [-0.3, -0.25) is 9.69 Å². The lowest BCUT2D eigenvalue weighted by molar-refractivity contribution is -0.137. The molecule has 4 heteroatoms. The summed E-state index contributed by atoms with van der Waals surface area (Å²) in [5, 5.41) is 9.33. The van der Waals surface area contributed by atoms with Gasteiger partial charge >= 0.3 is 5.97 Å². The molecule has 1 aliphatic heterocycles. The standard InChI is InChI=1S/C20H24N2O2/c1-16-13-22(18-10-6-3-7-11-18)19(12-20(23)24)15-21(16)14-17-8-4-2-5-9-17/h2-11,16,19H,12-15H2,1H3,(H,23,24)/t16-,19-/m0/s1. The molecule has 0 bridgehead atoms. The van der Waals surface area contributed by atoms with Gasteiger partial charge in [-0.2, -0.15) is 0 Å². The van der Waals surface area contributed by atoms with Crippen LogP contribution in [0.15, 0.2) is 60.7 Å². The number of piperazine rings is 1. The van der Waals surface area contributed by atoms with E-state index in [9.17, 15) is 9.90 Å². The zero-order valence-electron chi connectivity index (χ0n) is 14.0. The van der Waals surface area contributed by atoms with Gasteiger partial charge in [0.15, 0.2) is 0 Å². The van der Waals surface area contributed by atoms with E-state index in [1.54, 1.807) is 0 Å². The van der Waals surface area contributed by atoms with Crippen molar-refractivity contribution in [3.63, 3.8) is 0 Å². The smallest absolute Gasteiger partial charge is 0.305 e. The van der Waals surface area contributed by atoms with Gasteiger partial charge in [-0.25, -0.2) is 0 Å². The van der Waals surface area contributed by atoms with Crippen LogP contribution in [0.1, 0.15) is 18.9 Å². The predicted molar refractivity (Wildman–Crippen MR) is 96.1 cm³/mol. The monoisotopic (exact) mass is 324 g/mol. The molecule has 0 spiro atoms. The van der Waals surface area contributed by atoms with Crippen molar-refractivity contribution in [1.29, 1.82) is 0 Å². The number of aliphatic carboxylic acids is 1. The first kappa shape index (κ1) is 16.5. The summed E-state index contributed by atoms with van der Waals surface area (Å²) in [6, 6.07) is 20.9. The highest BCUT2D eigenvalue weighted by Crippen LogP contribution is 2.26. The molecule has 1 N–H and O–H groups in total. The second kappa shape index (κ2) is 7.49. The molecule has 1 heterocycles. The van der Waals surface area contributed by atoms with E-state index >= 15 is 0 Å². The molecule has 0 unspecified atom stereocenters. The van der Waals surface area contributed by atoms with Crippen LogP contribution < -0.4 is 4.90 Å². The van der Waals surface area contributed by atoms with Gasteiger partial charge in [0.25, 0.3) is 0 Å². The summed E-state index contributed by atoms with van der Waals surface area (Å²) in [7, 11) is 0. The Labute approximate surface area is 143 Å². The Hall–Kier alpha value is -2.33. The van der Waals surface area contributed by atoms with Gasteiger partial charge in [0, 0.05) is 31.4 Å². The molecular weight excluding hydrogens is 300 g/mol. The first-order valence-electron chi connectivity index (χ1n) is 8.45. The quantitative estimate of drug-likeness (QED) is 0.917. The van der Waals surface area contributed by atoms with Crippen molar-refractivity contribution in [3.8, 4) is 0 Å². The van der Waals surface area contributed by atoms with Crippen LogP contribution in [0.4, 0.5) is 5.69 Å². The minimum atomic E-state index is -0.741. The van der Waals surface area contributed by atoms with Crippen molar-refractivity contribution in [1.82, 2.24) is 4.90 Å². The first-order valence-corrected chi connectivity index (χ1v) is 8.45. The van der Waals surface area contributed by atoms with Crippen LogP contribution in [-0.2, 0) is 11.3 Å². The average molecular weight is 324 g/mol. The number of para-hydroxylation sites is 1. The first-order chi connectivity index (χ1) is 11.6. The largest absolute Gasteiger partial charge is 0.481 e. The Morgan fingerprint density at radius 1 is 1.04 bits per heavy atom. The van der Waals surface area contributed by atoms with E-state index in [0.717, 1.165) is 25.3 Å². The van der Waals surface area contributed by atoms with Crippen LogP contribution in [-0.4, -0.2) is 41.1 Å². The molecule has 0 aliphatic carbocycles. The fraction of sp³-hybridized carbons (Fsp3) is 0.350. The highest BCUT2D eigenvalue weighted by Gasteiger charge is 2.32. The van der Waals surface area contributed by atoms with Crippen LogP contribution >= 0.6 is 0 Å². The summed E-state index contributed by atoms with van der Waals surface area (Å²) in [5.74, 6) is -0.741. The number of carboxylic acids is 1. The molecular formula is C20H24N2O2. The van der Waals surface area contributed by atoms with Gasteiger partial charge in [0.2, 0.25) is 0 Å². The Balaban J connectivity index is 1.78. The lowest BCUT2D eigenvalue weighted by Crippen LogP contribution is -2.57. The lowest BCUT2D eigenvalue weighted by atomic mass is 10.0. The number of hydrogen-bond acceptors (Lipinski definition) is 3. The molecule has 0 saturated carbocycles. The normalized spacial score (nSPS) is 21.6. The second-order valence-electron chi connectivity index (χ2n) is 6.50. The minimum Gasteiger partial charge on any atom is -0.481 e. The van der Waals surface area contributed by atoms with Crippen molar-refractivity contribution < 1.29 is 9.90 Å². The molecule has 0 aromatic heterocycles. The van der Waals surface area contributed by atoms with E-state index in [2.05, 4.69) is 53.1 Å². The van der Waals surface area contributed by atoms with E-state index in [1.165, 1.54) is 5.56 Å². The van der Waals surface area contributed by atoms with Gasteiger partial charge < -0.3 is 10.0 Å². The third-order valence-electron chi connectivity index (χ3n) is 4.70. The molecule has 1 fully saturated rings. The van der Waals surface area contributed by atoms with E-state index in [0.29, 0.717) is 6.04 Å². The minimum absolute atomic E-state index is 0.00943. The van der Waals surface area contributed by atoms with Crippen molar-refractivity contribution in [3.05, 3.63) is 66.2 Å². The molecule has 2 atom stereocenters. The van der Waals surface area contributed by atoms with E-state index < -0.39 is 5.97 Å². The number of rotatable bonds is 5. The number of carbonyl (C=O) groups is 1. The summed E-state index contributed by atoms with van der Waals surface area (Å²) in [4.78, 5) is 16.0. The maximum absolute atomic E-state index is 11.3. The number of benzene rings is 2. The Bertz CT molecular complexity index is 660. The maximum Gasteiger partial charge on any atom is 0.305 e. The molecule has 1 saturated heterocycles. The summed E-state index contributed by atoms with van der Waals surface area (Å²) in [6.07, 6.45) is 0.160. The zero-order valence-corrected chi connectivity index (χ0v) is 14.0. The molecule has 24 heavy (non-hydrogen) atoms. The maximum atomic E-state index is 11.3. The highest BCUT2D eigenvalue weighted by molar-refractivity contribution is 5.68. The molecule has 2 aromatic carbocycles. The molecule has 0 amide bonds. The second-order valence-corrected chi connectivity index (χ2v) is 6.50. The van der Waals surface area contributed by atoms with Crippen molar-refractivity contribution >= 4 is 11.7 Å². The Morgan fingerprint density at radius 3 is 2.29 bits per heavy atom. The summed E-state index contributed by atoms with van der Waals surface area (Å²) in [6.45, 7) is 4.68. The van der Waals surface area contributed by atoms with E-state index in [4.69, 9.17) is 0 Å². The van der Waals surface area contributed by atoms with Crippen LogP contribution in [0, 0.1) is 0 Å². The fourth-order valence-corrected chi connectivity index (χ4v) is 3.45. The van der Waals surface area contributed by atoms with Crippen LogP contribution in [0.2, 0.25) is 0 Å². The third-order valence-corrected chi connectivity index (χ3v) is 4.70. The van der Waals surface area contributed by atoms with Gasteiger partial charge in [-0.15, -0.1) is 0 Å². The number of carboxylic acid groups (broad SMARTS) is 1. The third kappa shape index (κ3) is 3.95. The number of anilines is 1. The van der Waals surface area contributed by atoms with Gasteiger partial charge in [-0.1, -0.05) is 48.5 Å². The van der Waals surface area contributed by atoms with Crippen LogP contribution in [0.3, 0.4) is 0 Å². The number of hydrogen-bond donors (Lipinski definition) is 1. The fourth-order valence-electron chi connectivity index (χ4n) is 3.45. The van der Waals surface area contributed by atoms with Crippen molar-refractivity contribution in [2.75, 3.05) is 18.0 Å². The van der Waals surface area contributed by atoms with Crippen molar-refractivity contribution in [2.24, 2.45) is 0 Å². The molecule has 2 aromatic rings. The van der Waals surface area contributed by atoms with Gasteiger partial charge in [0.1, 0.15) is 0 Å². The average Bonchev–Trinajstić information content (AvgIpc) is 2.59. The summed E-state index contributed by atoms with van der Waals surface area (Å²) >= 11 is 0. The topological polar surface area (TPSA) is 43.8 Å². The van der Waals surface area contributed by atoms with Crippen molar-refractivity contribution in [2.45, 2.75) is 32.0 Å². The van der Waals surface area contributed by atoms with Gasteiger partial charge in [-0.05, 0) is 24.6 Å². The summed E-state index contributed by atoms with van der Waals surface area (Å²) in [5.41, 5.74) is 2.38. The highest BCUT2D eigenvalue weighted by atomic mass is 16.4. The van der Waals surface area contributed by atoms with Crippen LogP contribution in [0.5, 0.6) is 0 Å². The number of nitrogens with zero attached hydrogens (tertiary/aromatic N) is 2. The Morgan fingerprint density at radius 2 is 1.67 bits per heavy atom. The summed E-state index contributed by atoms with van der Waals surface area (Å²) < 4.78 is 0. The van der Waals surface area contributed by atoms with Gasteiger partial charge in [0.05, 0.1) is 12.5 Å². The zero-order chi connectivity index (χ0) is 16.9. The molecule has 126 valence electrons. The SMILES string of the molecule is C[C@H]1CN(c2ccccc2)[C@@H](CC(=O)O)CN1Cc1ccccc1. The molecule has 1 aliphatic rings. The Kier molecular flexibility index (Phi) is 5.16. The van der Waals surface area contributed by atoms with E-state index in [-0.39, 0.29) is 12.5 Å². The predicted octanol–water partition coefficient (Wildman–Crippen LogP) is 3.24.